The summed E-state index contributed by atoms with van der Waals surface area (Å²) in [5, 5.41) is 10.8. The van der Waals surface area contributed by atoms with Crippen molar-refractivity contribution in [3.8, 4) is 0 Å². The normalized spacial score (nSPS) is 19.9. The quantitative estimate of drug-likeness (QED) is 0.434. The van der Waals surface area contributed by atoms with Crippen LogP contribution in [0.3, 0.4) is 0 Å². The molecule has 5 nitrogen and oxygen atoms in total. The van der Waals surface area contributed by atoms with Crippen LogP contribution in [0.1, 0.15) is 63.5 Å². The number of nitrogens with one attached hydrogen (secondary N) is 2. The van der Waals surface area contributed by atoms with Crippen molar-refractivity contribution in [1.82, 2.24) is 15.1 Å². The van der Waals surface area contributed by atoms with Crippen LogP contribution in [0.25, 0.3) is 6.08 Å². The molecule has 0 atom stereocenters. The van der Waals surface area contributed by atoms with E-state index < -0.39 is 0 Å². The monoisotopic (exact) mass is 469 g/mol. The third-order valence-electron chi connectivity index (χ3n) is 6.59. The number of piperidine rings is 2. The predicted molar refractivity (Wildman–Crippen MR) is 144 cm³/mol. The summed E-state index contributed by atoms with van der Waals surface area (Å²) in [5.41, 5.74) is 4.89. The molecule has 2 saturated heterocycles. The van der Waals surface area contributed by atoms with E-state index in [4.69, 9.17) is 5.41 Å². The molecule has 188 valence electrons. The Kier molecular flexibility index (Phi) is 11.6. The van der Waals surface area contributed by atoms with E-state index in [2.05, 4.69) is 40.8 Å². The average Bonchev–Trinajstić information content (AvgIpc) is 3.14. The van der Waals surface area contributed by atoms with Gasteiger partial charge in [0.05, 0.1) is 11.5 Å². The Bertz CT molecular complexity index is 863. The molecule has 1 aromatic rings. The Morgan fingerprint density at radius 3 is 2.26 bits per heavy atom. The largest absolute Gasteiger partial charge is 0.361 e. The zero-order chi connectivity index (χ0) is 25.1. The molecular formula is C28H44FN5. The highest BCUT2D eigenvalue weighted by atomic mass is 19.1. The van der Waals surface area contributed by atoms with Crippen molar-refractivity contribution < 1.29 is 4.39 Å². The van der Waals surface area contributed by atoms with Crippen molar-refractivity contribution in [2.45, 2.75) is 65.3 Å². The lowest BCUT2D eigenvalue weighted by atomic mass is 10.0. The molecule has 0 aliphatic carbocycles. The second kappa shape index (κ2) is 14.2. The van der Waals surface area contributed by atoms with Crippen molar-refractivity contribution >= 4 is 17.6 Å². The van der Waals surface area contributed by atoms with E-state index in [0.717, 1.165) is 53.7 Å². The molecule has 3 heterocycles. The van der Waals surface area contributed by atoms with Gasteiger partial charge in [0.2, 0.25) is 0 Å². The lowest BCUT2D eigenvalue weighted by Crippen LogP contribution is -2.43. The first-order valence-electron chi connectivity index (χ1n) is 12.5. The van der Waals surface area contributed by atoms with Gasteiger partial charge in [-0.2, -0.15) is 0 Å². The number of aryl methyl sites for hydroxylation is 1. The van der Waals surface area contributed by atoms with E-state index in [9.17, 15) is 4.39 Å². The molecule has 0 spiro atoms. The number of aliphatic imine (C=N–C) groups is 1. The standard InChI is InChI=1S/C14H14FN.C9H19N3.C5H11N/c1-9-4-5-14(15)8-12(9)7-13-6-10(2)16-11(13)3;1-8(10)12-6-4-9(5-7-12)11(2)3;1-2-4-6-5-3-1/h4-5,7-8H,3,6H2,1-2H3;9-10H,4-7H2,1-3H3;6H,1-5H2/b13-7+;;. The molecular weight excluding hydrogens is 425 g/mol. The maximum atomic E-state index is 13.1. The summed E-state index contributed by atoms with van der Waals surface area (Å²) < 4.78 is 13.1. The van der Waals surface area contributed by atoms with Crippen LogP contribution in [-0.2, 0) is 0 Å². The number of likely N-dealkylation sites (tertiary alicyclic amines) is 1. The number of allylic oxidation sites excluding steroid dienone is 1. The van der Waals surface area contributed by atoms with Crippen LogP contribution in [0.5, 0.6) is 0 Å². The predicted octanol–water partition coefficient (Wildman–Crippen LogP) is 5.67. The topological polar surface area (TPSA) is 54.7 Å². The first-order valence-corrected chi connectivity index (χ1v) is 12.5. The van der Waals surface area contributed by atoms with Gasteiger partial charge in [-0.25, -0.2) is 4.39 Å². The maximum Gasteiger partial charge on any atom is 0.123 e. The van der Waals surface area contributed by atoms with Gasteiger partial charge in [0.25, 0.3) is 0 Å². The minimum absolute atomic E-state index is 0.210. The third-order valence-corrected chi connectivity index (χ3v) is 6.59. The molecule has 0 unspecified atom stereocenters. The van der Waals surface area contributed by atoms with Crippen LogP contribution in [0.4, 0.5) is 4.39 Å². The van der Waals surface area contributed by atoms with Crippen molar-refractivity contribution in [3.05, 3.63) is 53.0 Å². The summed E-state index contributed by atoms with van der Waals surface area (Å²) in [6, 6.07) is 5.53. The van der Waals surface area contributed by atoms with E-state index in [1.807, 2.05) is 26.8 Å². The molecule has 1 aromatic carbocycles. The summed E-state index contributed by atoms with van der Waals surface area (Å²) in [5.74, 6) is 0.505. The molecule has 2 N–H and O–H groups in total. The maximum absolute atomic E-state index is 13.1. The number of hydrogen-bond donors (Lipinski definition) is 2. The molecule has 2 fully saturated rings. The first kappa shape index (κ1) is 27.9. The second-order valence-corrected chi connectivity index (χ2v) is 9.72. The van der Waals surface area contributed by atoms with Crippen molar-refractivity contribution in [2.24, 2.45) is 4.99 Å². The van der Waals surface area contributed by atoms with Gasteiger partial charge in [0.1, 0.15) is 5.82 Å². The highest BCUT2D eigenvalue weighted by Gasteiger charge is 2.20. The highest BCUT2D eigenvalue weighted by Crippen LogP contribution is 2.26. The van der Waals surface area contributed by atoms with Crippen molar-refractivity contribution in [2.75, 3.05) is 40.3 Å². The van der Waals surface area contributed by atoms with Gasteiger partial charge in [0.15, 0.2) is 0 Å². The van der Waals surface area contributed by atoms with E-state index in [-0.39, 0.29) is 5.82 Å². The minimum Gasteiger partial charge on any atom is -0.361 e. The number of nitrogens with zero attached hydrogens (tertiary/aromatic N) is 3. The van der Waals surface area contributed by atoms with Crippen molar-refractivity contribution in [3.63, 3.8) is 0 Å². The Hall–Kier alpha value is -2.31. The number of rotatable bonds is 2. The lowest BCUT2D eigenvalue weighted by Gasteiger charge is -2.35. The van der Waals surface area contributed by atoms with Gasteiger partial charge in [-0.3, -0.25) is 10.4 Å². The van der Waals surface area contributed by atoms with Gasteiger partial charge in [0, 0.05) is 31.3 Å². The number of halogens is 1. The number of benzene rings is 1. The zero-order valence-electron chi connectivity index (χ0n) is 21.9. The van der Waals surface area contributed by atoms with E-state index >= 15 is 0 Å². The third kappa shape index (κ3) is 9.51. The van der Waals surface area contributed by atoms with Crippen LogP contribution in [0.2, 0.25) is 0 Å². The van der Waals surface area contributed by atoms with Gasteiger partial charge >= 0.3 is 0 Å². The van der Waals surface area contributed by atoms with E-state index in [1.165, 1.54) is 51.3 Å². The Morgan fingerprint density at radius 2 is 1.82 bits per heavy atom. The Morgan fingerprint density at radius 1 is 1.18 bits per heavy atom. The molecule has 34 heavy (non-hydrogen) atoms. The van der Waals surface area contributed by atoms with Crippen LogP contribution < -0.4 is 5.32 Å². The van der Waals surface area contributed by atoms with Gasteiger partial charge in [-0.15, -0.1) is 0 Å². The van der Waals surface area contributed by atoms with E-state index in [1.54, 1.807) is 12.1 Å². The summed E-state index contributed by atoms with van der Waals surface area (Å²) in [7, 11) is 4.27. The van der Waals surface area contributed by atoms with Gasteiger partial charge in [-0.05, 0) is 109 Å². The average molecular weight is 470 g/mol. The summed E-state index contributed by atoms with van der Waals surface area (Å²) >= 11 is 0. The smallest absolute Gasteiger partial charge is 0.123 e. The van der Waals surface area contributed by atoms with Crippen LogP contribution in [0.15, 0.2) is 41.0 Å². The minimum atomic E-state index is -0.210. The highest BCUT2D eigenvalue weighted by molar-refractivity contribution is 5.91. The fourth-order valence-electron chi connectivity index (χ4n) is 4.33. The lowest BCUT2D eigenvalue weighted by molar-refractivity contribution is 0.190. The SMILES string of the molecule is C1CCNCC1.C=C1N=C(C)C/C1=C\c1cc(F)ccc1C.CC(=N)N1CCC(N(C)C)CC1. The first-order chi connectivity index (χ1) is 16.2. The molecule has 4 rings (SSSR count). The molecule has 0 amide bonds. The molecule has 0 aromatic heterocycles. The fraction of sp³-hybridized carbons (Fsp3) is 0.571. The number of hydrogen-bond acceptors (Lipinski definition) is 4. The molecule has 0 bridgehead atoms. The van der Waals surface area contributed by atoms with Crippen LogP contribution in [0, 0.1) is 18.2 Å². The summed E-state index contributed by atoms with van der Waals surface area (Å²) in [6.07, 6.45) is 9.40. The molecule has 0 saturated carbocycles. The summed E-state index contributed by atoms with van der Waals surface area (Å²) in [4.78, 5) is 8.72. The van der Waals surface area contributed by atoms with Gasteiger partial charge in [-0.1, -0.05) is 19.1 Å². The van der Waals surface area contributed by atoms with Crippen LogP contribution >= 0.6 is 0 Å². The zero-order valence-corrected chi connectivity index (χ0v) is 21.9. The molecule has 0 radical (unpaired) electrons. The molecule has 3 aliphatic heterocycles. The molecule has 3 aliphatic rings. The van der Waals surface area contributed by atoms with Crippen molar-refractivity contribution in [1.29, 1.82) is 5.41 Å². The second-order valence-electron chi connectivity index (χ2n) is 9.72. The fourth-order valence-corrected chi connectivity index (χ4v) is 4.33. The Labute approximate surface area is 206 Å². The van der Waals surface area contributed by atoms with Gasteiger partial charge < -0.3 is 15.1 Å². The Balaban J connectivity index is 0.000000199. The van der Waals surface area contributed by atoms with E-state index in [0.29, 0.717) is 5.84 Å². The number of amidine groups is 1. The summed E-state index contributed by atoms with van der Waals surface area (Å²) in [6.45, 7) is 14.3. The molecule has 6 heteroatoms. The van der Waals surface area contributed by atoms with Crippen LogP contribution in [-0.4, -0.2) is 67.7 Å².